The van der Waals surface area contributed by atoms with Crippen molar-refractivity contribution < 1.29 is 9.53 Å². The molecule has 162 valence electrons. The average molecular weight is 437 g/mol. The number of anilines is 1. The molecule has 0 bridgehead atoms. The van der Waals surface area contributed by atoms with Crippen LogP contribution in [-0.4, -0.2) is 42.2 Å². The maximum atomic E-state index is 11.4. The second-order valence-electron chi connectivity index (χ2n) is 7.66. The molecule has 1 aromatic heterocycles. The van der Waals surface area contributed by atoms with Crippen molar-refractivity contribution in [2.45, 2.75) is 31.6 Å². The summed E-state index contributed by atoms with van der Waals surface area (Å²) >= 11 is 1.45. The van der Waals surface area contributed by atoms with Gasteiger partial charge in [-0.25, -0.2) is 9.78 Å². The van der Waals surface area contributed by atoms with Gasteiger partial charge in [-0.05, 0) is 24.0 Å². The lowest BCUT2D eigenvalue weighted by atomic mass is 10.00. The number of rotatable bonds is 7. The van der Waals surface area contributed by atoms with E-state index in [2.05, 4.69) is 69.0 Å². The molecule has 31 heavy (non-hydrogen) atoms. The molecular weight excluding hydrogens is 408 g/mol. The summed E-state index contributed by atoms with van der Waals surface area (Å²) in [4.78, 5) is 18.3. The molecule has 1 aliphatic rings. The highest BCUT2D eigenvalue weighted by molar-refractivity contribution is 7.13. The highest BCUT2D eigenvalue weighted by atomic mass is 32.1. The van der Waals surface area contributed by atoms with Crippen molar-refractivity contribution in [3.8, 4) is 0 Å². The van der Waals surface area contributed by atoms with Crippen LogP contribution in [0.1, 0.15) is 35.8 Å². The standard InChI is InChI=1S/C24H28N4O2S/c1-25-23(29)27-24-26-20(17-31-24)16-28-14-12-21(13-15-28)30-22(18-8-4-2-5-9-18)19-10-6-3-7-11-19/h2-11,17,21-22H,12-16H2,1H3,(H2,25,26,27,29). The zero-order valence-electron chi connectivity index (χ0n) is 17.7. The van der Waals surface area contributed by atoms with Crippen molar-refractivity contribution in [1.29, 1.82) is 0 Å². The number of hydrogen-bond acceptors (Lipinski definition) is 5. The van der Waals surface area contributed by atoms with Crippen molar-refractivity contribution in [1.82, 2.24) is 15.2 Å². The van der Waals surface area contributed by atoms with Gasteiger partial charge in [-0.3, -0.25) is 10.2 Å². The quantitative estimate of drug-likeness (QED) is 0.565. The molecule has 0 radical (unpaired) electrons. The zero-order chi connectivity index (χ0) is 21.5. The monoisotopic (exact) mass is 436 g/mol. The van der Waals surface area contributed by atoms with Gasteiger partial charge in [0.25, 0.3) is 0 Å². The molecule has 4 rings (SSSR count). The minimum atomic E-state index is -0.245. The highest BCUT2D eigenvalue weighted by Crippen LogP contribution is 2.30. The van der Waals surface area contributed by atoms with E-state index in [1.807, 2.05) is 17.5 Å². The van der Waals surface area contributed by atoms with Crippen molar-refractivity contribution in [2.75, 3.05) is 25.5 Å². The van der Waals surface area contributed by atoms with E-state index in [4.69, 9.17) is 4.74 Å². The second kappa shape index (κ2) is 10.5. The number of carbonyl (C=O) groups excluding carboxylic acids is 1. The Morgan fingerprint density at radius 1 is 1.10 bits per heavy atom. The SMILES string of the molecule is CNC(=O)Nc1nc(CN2CCC(OC(c3ccccc3)c3ccccc3)CC2)cs1. The lowest BCUT2D eigenvalue weighted by molar-refractivity contribution is -0.0282. The number of likely N-dealkylation sites (tertiary alicyclic amines) is 1. The molecular formula is C24H28N4O2S. The number of hydrogen-bond donors (Lipinski definition) is 2. The number of thiazole rings is 1. The normalized spacial score (nSPS) is 15.2. The number of benzene rings is 2. The summed E-state index contributed by atoms with van der Waals surface area (Å²) in [5.41, 5.74) is 3.37. The van der Waals surface area contributed by atoms with Gasteiger partial charge in [-0.2, -0.15) is 0 Å². The third-order valence-corrected chi connectivity index (χ3v) is 6.26. The molecule has 7 heteroatoms. The van der Waals surface area contributed by atoms with Crippen molar-refractivity contribution >= 4 is 22.5 Å². The fraction of sp³-hybridized carbons (Fsp3) is 0.333. The van der Waals surface area contributed by atoms with Crippen LogP contribution in [0, 0.1) is 0 Å². The first-order valence-electron chi connectivity index (χ1n) is 10.6. The molecule has 0 atom stereocenters. The Balaban J connectivity index is 1.33. The van der Waals surface area contributed by atoms with E-state index in [0.29, 0.717) is 5.13 Å². The Hall–Kier alpha value is -2.74. The van der Waals surface area contributed by atoms with Crippen LogP contribution < -0.4 is 10.6 Å². The van der Waals surface area contributed by atoms with Gasteiger partial charge >= 0.3 is 6.03 Å². The van der Waals surface area contributed by atoms with Gasteiger partial charge in [0.2, 0.25) is 0 Å². The number of amides is 2. The van der Waals surface area contributed by atoms with Crippen molar-refractivity contribution in [2.24, 2.45) is 0 Å². The van der Waals surface area contributed by atoms with E-state index in [0.717, 1.165) is 38.2 Å². The zero-order valence-corrected chi connectivity index (χ0v) is 18.5. The molecule has 2 aromatic carbocycles. The van der Waals surface area contributed by atoms with Gasteiger partial charge in [0.05, 0.1) is 11.8 Å². The molecule has 3 aromatic rings. The summed E-state index contributed by atoms with van der Waals surface area (Å²) in [5.74, 6) is 0. The highest BCUT2D eigenvalue weighted by Gasteiger charge is 2.25. The Labute approximate surface area is 187 Å². The maximum absolute atomic E-state index is 11.4. The molecule has 1 fully saturated rings. The van der Waals surface area contributed by atoms with Crippen LogP contribution in [0.5, 0.6) is 0 Å². The fourth-order valence-corrected chi connectivity index (χ4v) is 4.52. The van der Waals surface area contributed by atoms with Crippen LogP contribution in [-0.2, 0) is 11.3 Å². The lowest BCUT2D eigenvalue weighted by Crippen LogP contribution is -2.37. The molecule has 2 amide bonds. The summed E-state index contributed by atoms with van der Waals surface area (Å²) in [5, 5.41) is 7.90. The number of aromatic nitrogens is 1. The van der Waals surface area contributed by atoms with E-state index in [1.54, 1.807) is 7.05 Å². The van der Waals surface area contributed by atoms with Crippen LogP contribution in [0.3, 0.4) is 0 Å². The number of nitrogens with zero attached hydrogens (tertiary/aromatic N) is 2. The van der Waals surface area contributed by atoms with Crippen molar-refractivity contribution in [3.05, 3.63) is 82.9 Å². The van der Waals surface area contributed by atoms with Gasteiger partial charge in [0.15, 0.2) is 5.13 Å². The molecule has 1 aliphatic heterocycles. The Morgan fingerprint density at radius 2 is 1.71 bits per heavy atom. The summed E-state index contributed by atoms with van der Waals surface area (Å²) in [6.45, 7) is 2.73. The smallest absolute Gasteiger partial charge is 0.320 e. The summed E-state index contributed by atoms with van der Waals surface area (Å²) in [6, 6.07) is 20.7. The van der Waals surface area contributed by atoms with Gasteiger partial charge in [-0.15, -0.1) is 11.3 Å². The first-order valence-corrected chi connectivity index (χ1v) is 11.5. The fourth-order valence-electron chi connectivity index (χ4n) is 3.83. The number of urea groups is 1. The first-order chi connectivity index (χ1) is 15.2. The van der Waals surface area contributed by atoms with Gasteiger partial charge in [0.1, 0.15) is 6.10 Å². The Kier molecular flexibility index (Phi) is 7.30. The minimum Gasteiger partial charge on any atom is -0.365 e. The predicted octanol–water partition coefficient (Wildman–Crippen LogP) is 4.67. The topological polar surface area (TPSA) is 66.5 Å². The van der Waals surface area contributed by atoms with Crippen LogP contribution in [0.4, 0.5) is 9.93 Å². The first kappa shape index (κ1) is 21.5. The van der Waals surface area contributed by atoms with E-state index in [9.17, 15) is 4.79 Å². The lowest BCUT2D eigenvalue weighted by Gasteiger charge is -2.34. The maximum Gasteiger partial charge on any atom is 0.320 e. The molecule has 0 aliphatic carbocycles. The van der Waals surface area contributed by atoms with Crippen LogP contribution in [0.15, 0.2) is 66.0 Å². The molecule has 1 saturated heterocycles. The van der Waals surface area contributed by atoms with Gasteiger partial charge < -0.3 is 10.1 Å². The van der Waals surface area contributed by atoms with Crippen molar-refractivity contribution in [3.63, 3.8) is 0 Å². The minimum absolute atomic E-state index is 0.0455. The molecule has 2 heterocycles. The number of ether oxygens (including phenoxy) is 1. The average Bonchev–Trinajstić information content (AvgIpc) is 3.26. The summed E-state index contributed by atoms with van der Waals surface area (Å²) in [6.07, 6.45) is 2.16. The van der Waals surface area contributed by atoms with Crippen LogP contribution in [0.2, 0.25) is 0 Å². The molecule has 0 spiro atoms. The van der Waals surface area contributed by atoms with Crippen LogP contribution in [0.25, 0.3) is 0 Å². The Morgan fingerprint density at radius 3 is 2.29 bits per heavy atom. The number of carbonyl (C=O) groups is 1. The molecule has 0 unspecified atom stereocenters. The van der Waals surface area contributed by atoms with E-state index >= 15 is 0 Å². The van der Waals surface area contributed by atoms with E-state index in [-0.39, 0.29) is 18.2 Å². The largest absolute Gasteiger partial charge is 0.365 e. The van der Waals surface area contributed by atoms with Gasteiger partial charge in [0, 0.05) is 32.1 Å². The molecule has 6 nitrogen and oxygen atoms in total. The number of piperidine rings is 1. The predicted molar refractivity (Wildman–Crippen MR) is 124 cm³/mol. The van der Waals surface area contributed by atoms with E-state index in [1.165, 1.54) is 22.5 Å². The van der Waals surface area contributed by atoms with E-state index < -0.39 is 0 Å². The van der Waals surface area contributed by atoms with Crippen LogP contribution >= 0.6 is 11.3 Å². The molecule has 2 N–H and O–H groups in total. The summed E-state index contributed by atoms with van der Waals surface area (Å²) in [7, 11) is 1.59. The molecule has 0 saturated carbocycles. The number of nitrogens with one attached hydrogen (secondary N) is 2. The third kappa shape index (κ3) is 5.91. The summed E-state index contributed by atoms with van der Waals surface area (Å²) < 4.78 is 6.63. The Bertz CT molecular complexity index is 916. The van der Waals surface area contributed by atoms with Gasteiger partial charge in [-0.1, -0.05) is 60.7 Å². The second-order valence-corrected chi connectivity index (χ2v) is 8.52. The third-order valence-electron chi connectivity index (χ3n) is 5.45.